The van der Waals surface area contributed by atoms with Crippen molar-refractivity contribution in [3.63, 3.8) is 0 Å². The molecule has 1 amide bonds. The largest absolute Gasteiger partial charge is 0.469 e. The quantitative estimate of drug-likeness (QED) is 0.799. The van der Waals surface area contributed by atoms with Gasteiger partial charge in [0.1, 0.15) is 5.76 Å². The lowest BCUT2D eigenvalue weighted by molar-refractivity contribution is -0.141. The van der Waals surface area contributed by atoms with Crippen LogP contribution in [-0.4, -0.2) is 19.0 Å². The summed E-state index contributed by atoms with van der Waals surface area (Å²) >= 11 is 1.50. The van der Waals surface area contributed by atoms with Crippen molar-refractivity contribution in [2.75, 3.05) is 7.11 Å². The molecule has 0 bridgehead atoms. The second-order valence-corrected chi connectivity index (χ2v) is 5.47. The number of esters is 1. The van der Waals surface area contributed by atoms with Gasteiger partial charge in [-0.1, -0.05) is 6.07 Å². The molecule has 21 heavy (non-hydrogen) atoms. The number of hydrogen-bond acceptors (Lipinski definition) is 5. The highest BCUT2D eigenvalue weighted by atomic mass is 32.1. The van der Waals surface area contributed by atoms with Crippen molar-refractivity contribution in [2.45, 2.75) is 25.3 Å². The number of furan rings is 1. The van der Waals surface area contributed by atoms with E-state index in [2.05, 4.69) is 10.1 Å². The number of carbonyl (C=O) groups excluding carboxylic acids is 2. The molecule has 0 aliphatic heterocycles. The summed E-state index contributed by atoms with van der Waals surface area (Å²) in [6.07, 6.45) is 2.56. The van der Waals surface area contributed by atoms with Gasteiger partial charge in [-0.2, -0.15) is 0 Å². The zero-order chi connectivity index (χ0) is 15.1. The fourth-order valence-electron chi connectivity index (χ4n) is 1.92. The number of thiophene rings is 1. The van der Waals surface area contributed by atoms with Crippen LogP contribution in [0.4, 0.5) is 0 Å². The Balaban J connectivity index is 1.91. The van der Waals surface area contributed by atoms with E-state index in [9.17, 15) is 9.59 Å². The van der Waals surface area contributed by atoms with Gasteiger partial charge in [-0.05, 0) is 23.6 Å². The molecule has 0 unspecified atom stereocenters. The third-order valence-electron chi connectivity index (χ3n) is 3.00. The van der Waals surface area contributed by atoms with E-state index in [4.69, 9.17) is 4.42 Å². The first-order chi connectivity index (χ1) is 10.2. The molecule has 112 valence electrons. The van der Waals surface area contributed by atoms with Gasteiger partial charge < -0.3 is 14.5 Å². The van der Waals surface area contributed by atoms with Crippen molar-refractivity contribution in [2.24, 2.45) is 0 Å². The van der Waals surface area contributed by atoms with Crippen LogP contribution in [0.15, 0.2) is 40.3 Å². The summed E-state index contributed by atoms with van der Waals surface area (Å²) < 4.78 is 9.87. The van der Waals surface area contributed by atoms with Gasteiger partial charge in [-0.3, -0.25) is 9.59 Å². The Labute approximate surface area is 126 Å². The van der Waals surface area contributed by atoms with Gasteiger partial charge in [0.25, 0.3) is 0 Å². The summed E-state index contributed by atoms with van der Waals surface area (Å²) in [6.45, 7) is 0. The summed E-state index contributed by atoms with van der Waals surface area (Å²) in [5, 5.41) is 4.79. The Hall–Kier alpha value is -2.08. The van der Waals surface area contributed by atoms with Gasteiger partial charge in [-0.25, -0.2) is 0 Å². The average molecular weight is 307 g/mol. The molecule has 1 atom stereocenters. The van der Waals surface area contributed by atoms with Crippen LogP contribution in [0.1, 0.15) is 29.5 Å². The number of methoxy groups -OCH3 is 1. The first-order valence-electron chi connectivity index (χ1n) is 6.61. The average Bonchev–Trinajstić information content (AvgIpc) is 3.17. The van der Waals surface area contributed by atoms with Crippen molar-refractivity contribution in [3.05, 3.63) is 46.5 Å². The lowest BCUT2D eigenvalue weighted by Crippen LogP contribution is -2.30. The van der Waals surface area contributed by atoms with E-state index in [0.717, 1.165) is 10.6 Å². The van der Waals surface area contributed by atoms with Crippen LogP contribution in [0.5, 0.6) is 0 Å². The van der Waals surface area contributed by atoms with E-state index >= 15 is 0 Å². The molecule has 2 rings (SSSR count). The number of nitrogens with one attached hydrogen (secondary N) is 1. The standard InChI is InChI=1S/C15H17NO4S/c1-19-15(18)10-12(13-5-3-9-21-13)16-14(17)7-6-11-4-2-8-20-11/h2-5,8-9,12H,6-7,10H2,1H3,(H,16,17)/t12-/m1/s1. The first kappa shape index (κ1) is 15.3. The molecule has 0 radical (unpaired) electrons. The fraction of sp³-hybridized carbons (Fsp3) is 0.333. The second-order valence-electron chi connectivity index (χ2n) is 4.50. The van der Waals surface area contributed by atoms with Crippen molar-refractivity contribution < 1.29 is 18.7 Å². The topological polar surface area (TPSA) is 68.5 Å². The smallest absolute Gasteiger partial charge is 0.307 e. The zero-order valence-electron chi connectivity index (χ0n) is 11.7. The number of aryl methyl sites for hydroxylation is 1. The molecule has 0 fully saturated rings. The molecule has 0 saturated carbocycles. The van der Waals surface area contributed by atoms with Gasteiger partial charge in [0, 0.05) is 17.7 Å². The Morgan fingerprint density at radius 1 is 1.38 bits per heavy atom. The molecule has 6 heteroatoms. The van der Waals surface area contributed by atoms with Gasteiger partial charge in [0.2, 0.25) is 5.91 Å². The van der Waals surface area contributed by atoms with Gasteiger partial charge in [0.05, 0.1) is 25.8 Å². The molecule has 1 N–H and O–H groups in total. The van der Waals surface area contributed by atoms with Crippen molar-refractivity contribution >= 4 is 23.2 Å². The van der Waals surface area contributed by atoms with E-state index in [1.807, 2.05) is 23.6 Å². The maximum atomic E-state index is 12.0. The predicted molar refractivity (Wildman–Crippen MR) is 78.9 cm³/mol. The highest BCUT2D eigenvalue weighted by Crippen LogP contribution is 2.22. The zero-order valence-corrected chi connectivity index (χ0v) is 12.5. The summed E-state index contributed by atoms with van der Waals surface area (Å²) in [4.78, 5) is 24.4. The summed E-state index contributed by atoms with van der Waals surface area (Å²) in [6, 6.07) is 7.06. The minimum absolute atomic E-state index is 0.117. The first-order valence-corrected chi connectivity index (χ1v) is 7.49. The van der Waals surface area contributed by atoms with Crippen LogP contribution in [-0.2, 0) is 20.7 Å². The summed E-state index contributed by atoms with van der Waals surface area (Å²) in [7, 11) is 1.34. The minimum Gasteiger partial charge on any atom is -0.469 e. The second kappa shape index (κ2) is 7.64. The summed E-state index contributed by atoms with van der Waals surface area (Å²) in [5.41, 5.74) is 0. The molecule has 2 heterocycles. The number of amides is 1. The van der Waals surface area contributed by atoms with E-state index in [1.165, 1.54) is 18.4 Å². The van der Waals surface area contributed by atoms with E-state index in [-0.39, 0.29) is 24.3 Å². The molecule has 2 aromatic rings. The number of rotatable bonds is 7. The highest BCUT2D eigenvalue weighted by Gasteiger charge is 2.19. The highest BCUT2D eigenvalue weighted by molar-refractivity contribution is 7.10. The van der Waals surface area contributed by atoms with Crippen LogP contribution in [0.2, 0.25) is 0 Å². The van der Waals surface area contributed by atoms with Crippen LogP contribution in [0.25, 0.3) is 0 Å². The molecule has 2 aromatic heterocycles. The molecule has 5 nitrogen and oxygen atoms in total. The Morgan fingerprint density at radius 2 is 2.24 bits per heavy atom. The van der Waals surface area contributed by atoms with Crippen LogP contribution < -0.4 is 5.32 Å². The van der Waals surface area contributed by atoms with Gasteiger partial charge >= 0.3 is 5.97 Å². The van der Waals surface area contributed by atoms with Gasteiger partial charge in [0.15, 0.2) is 0 Å². The molecule has 0 aliphatic rings. The molecular weight excluding hydrogens is 290 g/mol. The summed E-state index contributed by atoms with van der Waals surface area (Å²) in [5.74, 6) is 0.305. The van der Waals surface area contributed by atoms with Crippen molar-refractivity contribution in [1.82, 2.24) is 5.32 Å². The molecular formula is C15H17NO4S. The lowest BCUT2D eigenvalue weighted by Gasteiger charge is -2.16. The predicted octanol–water partition coefficient (Wildman–Crippen LogP) is 2.69. The number of ether oxygens (including phenoxy) is 1. The maximum Gasteiger partial charge on any atom is 0.307 e. The van der Waals surface area contributed by atoms with E-state index in [1.54, 1.807) is 12.3 Å². The monoisotopic (exact) mass is 307 g/mol. The third-order valence-corrected chi connectivity index (χ3v) is 3.98. The molecule has 0 saturated heterocycles. The Morgan fingerprint density at radius 3 is 2.86 bits per heavy atom. The third kappa shape index (κ3) is 4.75. The molecule has 0 aliphatic carbocycles. The van der Waals surface area contributed by atoms with E-state index in [0.29, 0.717) is 12.8 Å². The fourth-order valence-corrected chi connectivity index (χ4v) is 2.70. The minimum atomic E-state index is -0.347. The van der Waals surface area contributed by atoms with Crippen molar-refractivity contribution in [3.8, 4) is 0 Å². The van der Waals surface area contributed by atoms with Crippen LogP contribution in [0.3, 0.4) is 0 Å². The van der Waals surface area contributed by atoms with E-state index < -0.39 is 0 Å². The molecule has 0 spiro atoms. The Kier molecular flexibility index (Phi) is 5.57. The van der Waals surface area contributed by atoms with Gasteiger partial charge in [-0.15, -0.1) is 11.3 Å². The van der Waals surface area contributed by atoms with Crippen LogP contribution >= 0.6 is 11.3 Å². The lowest BCUT2D eigenvalue weighted by atomic mass is 10.1. The number of hydrogen-bond donors (Lipinski definition) is 1. The SMILES string of the molecule is COC(=O)C[C@@H](NC(=O)CCc1ccco1)c1cccs1. The van der Waals surface area contributed by atoms with Crippen LogP contribution in [0, 0.1) is 0 Å². The maximum absolute atomic E-state index is 12.0. The Bertz CT molecular complexity index is 563. The molecule has 0 aromatic carbocycles. The van der Waals surface area contributed by atoms with Crippen molar-refractivity contribution in [1.29, 1.82) is 0 Å². The number of carbonyl (C=O) groups is 2. The normalized spacial score (nSPS) is 11.9.